The van der Waals surface area contributed by atoms with E-state index in [0.717, 1.165) is 29.7 Å². The summed E-state index contributed by atoms with van der Waals surface area (Å²) in [5.74, 6) is -0.0828. The molecule has 1 aliphatic heterocycles. The molecule has 6 nitrogen and oxygen atoms in total. The molecule has 1 aromatic carbocycles. The van der Waals surface area contributed by atoms with Crippen LogP contribution in [0.2, 0.25) is 5.02 Å². The zero-order valence-corrected chi connectivity index (χ0v) is 15.2. The van der Waals surface area contributed by atoms with Crippen molar-refractivity contribution in [1.29, 1.82) is 0 Å². The Morgan fingerprint density at radius 2 is 2.15 bits per heavy atom. The summed E-state index contributed by atoms with van der Waals surface area (Å²) in [6.07, 6.45) is 5.35. The van der Waals surface area contributed by atoms with Crippen LogP contribution in [0.1, 0.15) is 18.4 Å². The predicted octanol–water partition coefficient (Wildman–Crippen LogP) is 3.64. The number of amides is 1. The highest BCUT2D eigenvalue weighted by atomic mass is 35.5. The quantitative estimate of drug-likeness (QED) is 0.744. The lowest BCUT2D eigenvalue weighted by Crippen LogP contribution is -2.42. The van der Waals surface area contributed by atoms with Crippen LogP contribution in [0.5, 0.6) is 0 Å². The molecule has 0 unspecified atom stereocenters. The third kappa shape index (κ3) is 3.68. The van der Waals surface area contributed by atoms with Crippen LogP contribution < -0.4 is 4.90 Å². The van der Waals surface area contributed by atoms with E-state index in [1.807, 2.05) is 12.1 Å². The topological polar surface area (TPSA) is 74.8 Å². The van der Waals surface area contributed by atoms with Crippen LogP contribution in [0.25, 0.3) is 11.3 Å². The lowest BCUT2D eigenvalue weighted by molar-refractivity contribution is -0.123. The average Bonchev–Trinajstić information content (AvgIpc) is 3.17. The van der Waals surface area contributed by atoms with Gasteiger partial charge in [0.25, 0.3) is 0 Å². The lowest BCUT2D eigenvalue weighted by Gasteiger charge is -2.30. The largest absolute Gasteiger partial charge is 0.295 e. The number of halogens is 2. The van der Waals surface area contributed by atoms with Crippen LogP contribution in [0.4, 0.5) is 10.2 Å². The number of rotatable bonds is 4. The molecule has 1 amide bonds. The standard InChI is InChI=1S/C19H17ClFN5O/c20-15-4-3-12(9-16(15)21)8-13-2-1-7-26(19(13)27)18-10-17(24-25-18)14-5-6-22-23-11-14/h3-6,9-11,13H,1-2,7-8H2,(H,24,25)/t13-/m0/s1. The van der Waals surface area contributed by atoms with Gasteiger partial charge in [0, 0.05) is 24.1 Å². The van der Waals surface area contributed by atoms with Gasteiger partial charge in [-0.25, -0.2) is 4.39 Å². The van der Waals surface area contributed by atoms with Crippen molar-refractivity contribution in [2.45, 2.75) is 19.3 Å². The molecule has 1 atom stereocenters. The molecule has 3 aromatic rings. The van der Waals surface area contributed by atoms with E-state index in [4.69, 9.17) is 11.6 Å². The second-order valence-corrected chi connectivity index (χ2v) is 6.96. The summed E-state index contributed by atoms with van der Waals surface area (Å²) in [5.41, 5.74) is 2.39. The van der Waals surface area contributed by atoms with E-state index in [1.54, 1.807) is 23.4 Å². The van der Waals surface area contributed by atoms with Gasteiger partial charge < -0.3 is 0 Å². The van der Waals surface area contributed by atoms with Gasteiger partial charge in [0.2, 0.25) is 5.91 Å². The molecule has 0 radical (unpaired) electrons. The maximum absolute atomic E-state index is 13.7. The van der Waals surface area contributed by atoms with Gasteiger partial charge in [-0.1, -0.05) is 17.7 Å². The Labute approximate surface area is 160 Å². The molecule has 0 spiro atoms. The van der Waals surface area contributed by atoms with Gasteiger partial charge in [0.05, 0.1) is 23.1 Å². The smallest absolute Gasteiger partial charge is 0.231 e. The minimum Gasteiger partial charge on any atom is -0.295 e. The maximum Gasteiger partial charge on any atom is 0.231 e. The van der Waals surface area contributed by atoms with Crippen molar-refractivity contribution < 1.29 is 9.18 Å². The molecule has 4 rings (SSSR count). The van der Waals surface area contributed by atoms with Crippen LogP contribution >= 0.6 is 11.6 Å². The van der Waals surface area contributed by atoms with Crippen molar-refractivity contribution in [3.8, 4) is 11.3 Å². The predicted molar refractivity (Wildman–Crippen MR) is 99.8 cm³/mol. The van der Waals surface area contributed by atoms with Crippen molar-refractivity contribution in [3.05, 3.63) is 59.1 Å². The fourth-order valence-electron chi connectivity index (χ4n) is 3.37. The molecule has 1 aliphatic rings. The Balaban J connectivity index is 1.52. The van der Waals surface area contributed by atoms with Gasteiger partial charge >= 0.3 is 0 Å². The summed E-state index contributed by atoms with van der Waals surface area (Å²) < 4.78 is 13.7. The monoisotopic (exact) mass is 385 g/mol. The average molecular weight is 386 g/mol. The number of nitrogens with zero attached hydrogens (tertiary/aromatic N) is 4. The zero-order chi connectivity index (χ0) is 18.8. The molecule has 1 N–H and O–H groups in total. The van der Waals surface area contributed by atoms with Gasteiger partial charge in [-0.15, -0.1) is 0 Å². The maximum atomic E-state index is 13.7. The molecule has 8 heteroatoms. The van der Waals surface area contributed by atoms with Crippen molar-refractivity contribution in [2.75, 3.05) is 11.4 Å². The molecule has 2 aromatic heterocycles. The number of hydrogen-bond donors (Lipinski definition) is 1. The Bertz CT molecular complexity index is 962. The molecular formula is C19H17ClFN5O. The molecule has 1 fully saturated rings. The van der Waals surface area contributed by atoms with Gasteiger partial charge in [0.1, 0.15) is 5.82 Å². The summed E-state index contributed by atoms with van der Waals surface area (Å²) in [5, 5.41) is 14.9. The summed E-state index contributed by atoms with van der Waals surface area (Å²) in [7, 11) is 0. The molecule has 138 valence electrons. The summed E-state index contributed by atoms with van der Waals surface area (Å²) >= 11 is 5.74. The van der Waals surface area contributed by atoms with E-state index in [-0.39, 0.29) is 16.8 Å². The molecule has 3 heterocycles. The van der Waals surface area contributed by atoms with E-state index in [9.17, 15) is 9.18 Å². The summed E-state index contributed by atoms with van der Waals surface area (Å²) in [6.45, 7) is 0.614. The minimum absolute atomic E-state index is 0.00233. The molecule has 27 heavy (non-hydrogen) atoms. The number of nitrogens with one attached hydrogen (secondary N) is 1. The van der Waals surface area contributed by atoms with E-state index in [2.05, 4.69) is 20.4 Å². The van der Waals surface area contributed by atoms with E-state index in [0.29, 0.717) is 18.8 Å². The fraction of sp³-hybridized carbons (Fsp3) is 0.263. The number of carbonyl (C=O) groups excluding carboxylic acids is 1. The zero-order valence-electron chi connectivity index (χ0n) is 14.4. The molecular weight excluding hydrogens is 369 g/mol. The SMILES string of the molecule is O=C1[C@H](Cc2ccc(Cl)c(F)c2)CCCN1c1cc(-c2ccnnc2)[nH]n1. The first-order chi connectivity index (χ1) is 13.1. The van der Waals surface area contributed by atoms with Crippen molar-refractivity contribution in [3.63, 3.8) is 0 Å². The van der Waals surface area contributed by atoms with Crippen molar-refractivity contribution >= 4 is 23.3 Å². The van der Waals surface area contributed by atoms with E-state index in [1.165, 1.54) is 12.1 Å². The van der Waals surface area contributed by atoms with Gasteiger partial charge in [-0.2, -0.15) is 15.3 Å². The van der Waals surface area contributed by atoms with Crippen LogP contribution in [-0.4, -0.2) is 32.8 Å². The lowest BCUT2D eigenvalue weighted by atomic mass is 9.90. The number of piperidine rings is 1. The van der Waals surface area contributed by atoms with Gasteiger partial charge in [-0.3, -0.25) is 14.8 Å². The number of carbonyl (C=O) groups is 1. The summed E-state index contributed by atoms with van der Waals surface area (Å²) in [4.78, 5) is 14.6. The summed E-state index contributed by atoms with van der Waals surface area (Å²) in [6, 6.07) is 8.35. The fourth-order valence-corrected chi connectivity index (χ4v) is 3.48. The van der Waals surface area contributed by atoms with Crippen LogP contribution in [0.15, 0.2) is 42.7 Å². The minimum atomic E-state index is -0.461. The Kier molecular flexibility index (Phi) is 4.85. The highest BCUT2D eigenvalue weighted by Crippen LogP contribution is 2.28. The van der Waals surface area contributed by atoms with Gasteiger partial charge in [0.15, 0.2) is 5.82 Å². The first-order valence-corrected chi connectivity index (χ1v) is 9.07. The molecule has 0 aliphatic carbocycles. The first kappa shape index (κ1) is 17.6. The normalized spacial score (nSPS) is 17.3. The first-order valence-electron chi connectivity index (χ1n) is 8.69. The number of benzene rings is 1. The van der Waals surface area contributed by atoms with Crippen LogP contribution in [-0.2, 0) is 11.2 Å². The second kappa shape index (κ2) is 7.44. The number of anilines is 1. The third-order valence-electron chi connectivity index (χ3n) is 4.75. The Hall–Kier alpha value is -2.80. The number of hydrogen-bond acceptors (Lipinski definition) is 4. The number of H-pyrrole nitrogens is 1. The van der Waals surface area contributed by atoms with Gasteiger partial charge in [-0.05, 0) is 43.0 Å². The Morgan fingerprint density at radius 1 is 1.26 bits per heavy atom. The van der Waals surface area contributed by atoms with Crippen molar-refractivity contribution in [2.24, 2.45) is 5.92 Å². The number of aromatic nitrogens is 4. The van der Waals surface area contributed by atoms with E-state index >= 15 is 0 Å². The third-order valence-corrected chi connectivity index (χ3v) is 5.06. The molecule has 1 saturated heterocycles. The molecule has 0 saturated carbocycles. The molecule has 0 bridgehead atoms. The van der Waals surface area contributed by atoms with E-state index < -0.39 is 5.82 Å². The Morgan fingerprint density at radius 3 is 2.93 bits per heavy atom. The van der Waals surface area contributed by atoms with Crippen LogP contribution in [0.3, 0.4) is 0 Å². The highest BCUT2D eigenvalue weighted by Gasteiger charge is 2.31. The van der Waals surface area contributed by atoms with Crippen LogP contribution in [0, 0.1) is 11.7 Å². The highest BCUT2D eigenvalue weighted by molar-refractivity contribution is 6.30. The second-order valence-electron chi connectivity index (χ2n) is 6.55. The van der Waals surface area contributed by atoms with Crippen molar-refractivity contribution in [1.82, 2.24) is 20.4 Å². The number of aromatic amines is 1.